The molecule has 1 aromatic carbocycles. The third-order valence-corrected chi connectivity index (χ3v) is 4.41. The summed E-state index contributed by atoms with van der Waals surface area (Å²) >= 11 is 0. The van der Waals surface area contributed by atoms with Crippen LogP contribution in [0.1, 0.15) is 52.0 Å². The van der Waals surface area contributed by atoms with Gasteiger partial charge in [0.15, 0.2) is 0 Å². The van der Waals surface area contributed by atoms with Gasteiger partial charge in [0, 0.05) is 17.6 Å². The lowest BCUT2D eigenvalue weighted by atomic mass is 9.81. The highest BCUT2D eigenvalue weighted by atomic mass is 16.9. The van der Waals surface area contributed by atoms with Crippen molar-refractivity contribution >= 4 is 0 Å². The molecular formula is C18H28O3. The van der Waals surface area contributed by atoms with Gasteiger partial charge in [0.25, 0.3) is 0 Å². The molecule has 118 valence electrons. The first-order chi connectivity index (χ1) is 10.2. The van der Waals surface area contributed by atoms with Crippen LogP contribution in [0.2, 0.25) is 0 Å². The number of ether oxygens (including phenoxy) is 3. The van der Waals surface area contributed by atoms with Gasteiger partial charge in [-0.15, -0.1) is 0 Å². The second-order valence-corrected chi connectivity index (χ2v) is 5.89. The van der Waals surface area contributed by atoms with E-state index in [0.717, 1.165) is 18.4 Å². The quantitative estimate of drug-likeness (QED) is 0.742. The van der Waals surface area contributed by atoms with Crippen molar-refractivity contribution in [1.82, 2.24) is 0 Å². The van der Waals surface area contributed by atoms with Gasteiger partial charge in [0.2, 0.25) is 0 Å². The van der Waals surface area contributed by atoms with Gasteiger partial charge in [-0.1, -0.05) is 57.0 Å². The minimum Gasteiger partial charge on any atom is -0.324 e. The van der Waals surface area contributed by atoms with Gasteiger partial charge in [0.05, 0.1) is 13.2 Å². The molecule has 0 bridgehead atoms. The maximum absolute atomic E-state index is 6.15. The van der Waals surface area contributed by atoms with Gasteiger partial charge in [-0.3, -0.25) is 0 Å². The Bertz CT molecular complexity index is 408. The van der Waals surface area contributed by atoms with E-state index in [9.17, 15) is 0 Å². The molecule has 21 heavy (non-hydrogen) atoms. The Balaban J connectivity index is 2.14. The van der Waals surface area contributed by atoms with Gasteiger partial charge in [-0.05, 0) is 19.8 Å². The van der Waals surface area contributed by atoms with Crippen molar-refractivity contribution in [3.8, 4) is 0 Å². The van der Waals surface area contributed by atoms with E-state index in [1.807, 2.05) is 37.3 Å². The van der Waals surface area contributed by atoms with Crippen LogP contribution in [0.15, 0.2) is 30.3 Å². The minimum atomic E-state index is -1.03. The zero-order valence-electron chi connectivity index (χ0n) is 13.6. The third kappa shape index (κ3) is 3.65. The second kappa shape index (κ2) is 7.39. The van der Waals surface area contributed by atoms with Crippen LogP contribution in [0.5, 0.6) is 0 Å². The number of benzene rings is 1. The molecule has 0 amide bonds. The first kappa shape index (κ1) is 16.5. The summed E-state index contributed by atoms with van der Waals surface area (Å²) < 4.78 is 18.2. The number of hydrogen-bond acceptors (Lipinski definition) is 3. The topological polar surface area (TPSA) is 27.7 Å². The maximum Gasteiger partial charge on any atom is 0.312 e. The number of rotatable bonds is 7. The van der Waals surface area contributed by atoms with E-state index in [4.69, 9.17) is 14.2 Å². The molecule has 0 atom stereocenters. The average molecular weight is 292 g/mol. The Morgan fingerprint density at radius 3 is 2.24 bits per heavy atom. The summed E-state index contributed by atoms with van der Waals surface area (Å²) in [4.78, 5) is 0. The van der Waals surface area contributed by atoms with Crippen LogP contribution >= 0.6 is 0 Å². The Labute approximate surface area is 128 Å². The van der Waals surface area contributed by atoms with E-state index in [1.54, 1.807) is 0 Å². The fourth-order valence-electron chi connectivity index (χ4n) is 2.82. The summed E-state index contributed by atoms with van der Waals surface area (Å²) in [5.74, 6) is -1.03. The molecule has 0 spiro atoms. The fourth-order valence-corrected chi connectivity index (χ4v) is 2.82. The summed E-state index contributed by atoms with van der Waals surface area (Å²) in [7, 11) is 0. The van der Waals surface area contributed by atoms with Crippen molar-refractivity contribution in [1.29, 1.82) is 0 Å². The zero-order valence-corrected chi connectivity index (χ0v) is 13.6. The predicted molar refractivity (Wildman–Crippen MR) is 83.9 cm³/mol. The second-order valence-electron chi connectivity index (χ2n) is 5.89. The van der Waals surface area contributed by atoms with Crippen LogP contribution in [0, 0.1) is 5.41 Å². The van der Waals surface area contributed by atoms with E-state index < -0.39 is 5.97 Å². The molecule has 3 nitrogen and oxygen atoms in total. The highest BCUT2D eigenvalue weighted by molar-refractivity contribution is 5.19. The SMILES string of the molecule is CCCCC1(CC)COC(OCC)(c2ccccc2)OC1. The molecule has 2 rings (SSSR count). The summed E-state index contributed by atoms with van der Waals surface area (Å²) in [5.41, 5.74) is 1.07. The van der Waals surface area contributed by atoms with Gasteiger partial charge < -0.3 is 14.2 Å². The Hall–Kier alpha value is -0.900. The molecule has 0 unspecified atom stereocenters. The highest BCUT2D eigenvalue weighted by Gasteiger charge is 2.45. The molecule has 0 radical (unpaired) electrons. The van der Waals surface area contributed by atoms with E-state index in [1.165, 1.54) is 12.8 Å². The summed E-state index contributed by atoms with van der Waals surface area (Å²) in [6.45, 7) is 8.36. The van der Waals surface area contributed by atoms with Crippen molar-refractivity contribution in [3.05, 3.63) is 35.9 Å². The van der Waals surface area contributed by atoms with Gasteiger partial charge in [-0.25, -0.2) is 0 Å². The van der Waals surface area contributed by atoms with Crippen LogP contribution < -0.4 is 0 Å². The molecule has 0 saturated carbocycles. The Morgan fingerprint density at radius 2 is 1.71 bits per heavy atom. The molecule has 1 heterocycles. The van der Waals surface area contributed by atoms with Gasteiger partial charge in [-0.2, -0.15) is 0 Å². The molecule has 0 N–H and O–H groups in total. The van der Waals surface area contributed by atoms with Crippen LogP contribution in [-0.2, 0) is 20.2 Å². The van der Waals surface area contributed by atoms with E-state index in [-0.39, 0.29) is 5.41 Å². The lowest BCUT2D eigenvalue weighted by Crippen LogP contribution is -2.49. The molecule has 1 saturated heterocycles. The molecule has 3 heteroatoms. The van der Waals surface area contributed by atoms with Crippen molar-refractivity contribution < 1.29 is 14.2 Å². The standard InChI is InChI=1S/C18H28O3/c1-4-7-13-17(5-2)14-20-18(19-6-3,21-15-17)16-11-9-8-10-12-16/h8-12H,4-7,13-15H2,1-3H3. The lowest BCUT2D eigenvalue weighted by Gasteiger charge is -2.45. The highest BCUT2D eigenvalue weighted by Crippen LogP contribution is 2.41. The molecule has 1 fully saturated rings. The van der Waals surface area contributed by atoms with Crippen molar-refractivity contribution in [2.45, 2.75) is 52.4 Å². The Morgan fingerprint density at radius 1 is 1.05 bits per heavy atom. The van der Waals surface area contributed by atoms with Gasteiger partial charge in [0.1, 0.15) is 0 Å². The average Bonchev–Trinajstić information content (AvgIpc) is 2.56. The summed E-state index contributed by atoms with van der Waals surface area (Å²) in [6.07, 6.45) is 4.64. The van der Waals surface area contributed by atoms with Gasteiger partial charge >= 0.3 is 5.97 Å². The smallest absolute Gasteiger partial charge is 0.312 e. The first-order valence-electron chi connectivity index (χ1n) is 8.17. The normalized spacial score (nSPS) is 29.5. The van der Waals surface area contributed by atoms with Crippen LogP contribution in [0.3, 0.4) is 0 Å². The minimum absolute atomic E-state index is 0.130. The summed E-state index contributed by atoms with van der Waals surface area (Å²) in [6, 6.07) is 9.97. The van der Waals surface area contributed by atoms with E-state index >= 15 is 0 Å². The van der Waals surface area contributed by atoms with E-state index in [2.05, 4.69) is 13.8 Å². The van der Waals surface area contributed by atoms with E-state index in [0.29, 0.717) is 19.8 Å². The van der Waals surface area contributed by atoms with Crippen LogP contribution in [-0.4, -0.2) is 19.8 Å². The molecular weight excluding hydrogens is 264 g/mol. The van der Waals surface area contributed by atoms with Crippen LogP contribution in [0.4, 0.5) is 0 Å². The monoisotopic (exact) mass is 292 g/mol. The molecule has 0 aromatic heterocycles. The maximum atomic E-state index is 6.15. The molecule has 1 aliphatic heterocycles. The van der Waals surface area contributed by atoms with Crippen molar-refractivity contribution in [2.75, 3.05) is 19.8 Å². The number of hydrogen-bond donors (Lipinski definition) is 0. The zero-order chi connectivity index (χ0) is 15.2. The molecule has 1 aliphatic rings. The van der Waals surface area contributed by atoms with Crippen molar-refractivity contribution in [3.63, 3.8) is 0 Å². The fraction of sp³-hybridized carbons (Fsp3) is 0.667. The Kier molecular flexibility index (Phi) is 5.80. The number of unbranched alkanes of at least 4 members (excludes halogenated alkanes) is 1. The first-order valence-corrected chi connectivity index (χ1v) is 8.17. The molecule has 0 aliphatic carbocycles. The van der Waals surface area contributed by atoms with Crippen molar-refractivity contribution in [2.24, 2.45) is 5.41 Å². The summed E-state index contributed by atoms with van der Waals surface area (Å²) in [5, 5.41) is 0. The lowest BCUT2D eigenvalue weighted by molar-refractivity contribution is -0.431. The molecule has 1 aromatic rings. The van der Waals surface area contributed by atoms with Crippen LogP contribution in [0.25, 0.3) is 0 Å². The largest absolute Gasteiger partial charge is 0.324 e. The predicted octanol–water partition coefficient (Wildman–Crippen LogP) is 4.47. The third-order valence-electron chi connectivity index (χ3n) is 4.41.